The van der Waals surface area contributed by atoms with E-state index in [1.807, 2.05) is 20.2 Å². The van der Waals surface area contributed by atoms with E-state index in [1.165, 1.54) is 17.3 Å². The van der Waals surface area contributed by atoms with E-state index in [2.05, 4.69) is 16.0 Å². The molecule has 1 aromatic rings. The summed E-state index contributed by atoms with van der Waals surface area (Å²) in [5.41, 5.74) is 7.47. The van der Waals surface area contributed by atoms with Crippen molar-refractivity contribution < 1.29 is 0 Å². The van der Waals surface area contributed by atoms with Gasteiger partial charge in [-0.3, -0.25) is 10.4 Å². The number of aromatic nitrogens is 1. The second kappa shape index (κ2) is 11.9. The van der Waals surface area contributed by atoms with E-state index in [0.29, 0.717) is 5.75 Å². The molecule has 0 aromatic carbocycles. The van der Waals surface area contributed by atoms with Crippen LogP contribution in [0.2, 0.25) is 0 Å². The van der Waals surface area contributed by atoms with E-state index < -0.39 is 0 Å². The van der Waals surface area contributed by atoms with Gasteiger partial charge in [-0.1, -0.05) is 11.8 Å². The molecule has 1 rings (SSSR count). The van der Waals surface area contributed by atoms with Crippen LogP contribution in [0.3, 0.4) is 0 Å². The summed E-state index contributed by atoms with van der Waals surface area (Å²) in [7, 11) is 4.06. The van der Waals surface area contributed by atoms with Gasteiger partial charge in [-0.05, 0) is 31.8 Å². The average Bonchev–Trinajstić information content (AvgIpc) is 2.14. The SMILES string of the molecule is CN(C)Cc1ccnc(CSC(=N)N)c1.Cl.Cl.Cl. The monoisotopic (exact) mass is 332 g/mol. The summed E-state index contributed by atoms with van der Waals surface area (Å²) in [6, 6.07) is 4.05. The molecule has 0 saturated heterocycles. The van der Waals surface area contributed by atoms with E-state index in [-0.39, 0.29) is 42.4 Å². The fourth-order valence-electron chi connectivity index (χ4n) is 1.22. The molecule has 0 amide bonds. The Balaban J connectivity index is -0.000000750. The van der Waals surface area contributed by atoms with Crippen LogP contribution in [0.4, 0.5) is 0 Å². The Bertz CT molecular complexity index is 350. The lowest BCUT2D eigenvalue weighted by atomic mass is 10.2. The van der Waals surface area contributed by atoms with Crippen molar-refractivity contribution >= 4 is 54.2 Å². The predicted octanol–water partition coefficient (Wildman–Crippen LogP) is 2.54. The minimum Gasteiger partial charge on any atom is -0.379 e. The molecule has 0 aliphatic carbocycles. The van der Waals surface area contributed by atoms with Crippen LogP contribution in [0.1, 0.15) is 11.3 Å². The van der Waals surface area contributed by atoms with Gasteiger partial charge < -0.3 is 10.6 Å². The fourth-order valence-corrected chi connectivity index (χ4v) is 1.68. The summed E-state index contributed by atoms with van der Waals surface area (Å²) < 4.78 is 0. The van der Waals surface area contributed by atoms with Crippen molar-refractivity contribution in [2.75, 3.05) is 14.1 Å². The lowest BCUT2D eigenvalue weighted by Crippen LogP contribution is -2.11. The molecule has 0 aliphatic rings. The molecular weight excluding hydrogens is 315 g/mol. The van der Waals surface area contributed by atoms with Gasteiger partial charge in [-0.15, -0.1) is 37.2 Å². The minimum atomic E-state index is 0. The molecule has 0 saturated carbocycles. The third kappa shape index (κ3) is 9.79. The van der Waals surface area contributed by atoms with Crippen molar-refractivity contribution in [2.24, 2.45) is 5.73 Å². The standard InChI is InChI=1S/C10H16N4S.3ClH/c1-14(2)6-8-3-4-13-9(5-8)7-15-10(11)12;;;/h3-5H,6-7H2,1-2H3,(H3,11,12);3*1H. The number of nitrogens with zero attached hydrogens (tertiary/aromatic N) is 2. The van der Waals surface area contributed by atoms with Crippen LogP contribution in [0.5, 0.6) is 0 Å². The number of rotatable bonds is 4. The van der Waals surface area contributed by atoms with Gasteiger partial charge >= 0.3 is 0 Å². The highest BCUT2D eigenvalue weighted by molar-refractivity contribution is 8.13. The van der Waals surface area contributed by atoms with Gasteiger partial charge in [-0.2, -0.15) is 0 Å². The smallest absolute Gasteiger partial charge is 0.151 e. The molecule has 0 aliphatic heterocycles. The molecule has 0 spiro atoms. The quantitative estimate of drug-likeness (QED) is 0.656. The third-order valence-electron chi connectivity index (χ3n) is 1.76. The lowest BCUT2D eigenvalue weighted by Gasteiger charge is -2.10. The van der Waals surface area contributed by atoms with Crippen molar-refractivity contribution in [1.82, 2.24) is 9.88 Å². The van der Waals surface area contributed by atoms with Crippen LogP contribution in [0.15, 0.2) is 18.3 Å². The highest BCUT2D eigenvalue weighted by Crippen LogP contribution is 2.11. The maximum absolute atomic E-state index is 7.12. The van der Waals surface area contributed by atoms with Crippen molar-refractivity contribution in [2.45, 2.75) is 12.3 Å². The van der Waals surface area contributed by atoms with Gasteiger partial charge in [0.1, 0.15) is 0 Å². The van der Waals surface area contributed by atoms with Gasteiger partial charge in [0.25, 0.3) is 0 Å². The van der Waals surface area contributed by atoms with Crippen molar-refractivity contribution in [3.05, 3.63) is 29.6 Å². The van der Waals surface area contributed by atoms with Gasteiger partial charge in [0.05, 0.1) is 5.69 Å². The zero-order valence-corrected chi connectivity index (χ0v) is 13.5. The molecule has 4 nitrogen and oxygen atoms in total. The Kier molecular flexibility index (Phi) is 15.1. The predicted molar refractivity (Wildman–Crippen MR) is 86.6 cm³/mol. The number of thioether (sulfide) groups is 1. The summed E-state index contributed by atoms with van der Waals surface area (Å²) in [5, 5.41) is 7.25. The van der Waals surface area contributed by atoms with E-state index in [4.69, 9.17) is 11.1 Å². The zero-order chi connectivity index (χ0) is 11.3. The number of pyridine rings is 1. The number of hydrogen-bond acceptors (Lipinski definition) is 4. The molecule has 0 radical (unpaired) electrons. The number of nitrogens with two attached hydrogens (primary N) is 1. The Hall–Kier alpha value is -0.200. The number of nitrogens with one attached hydrogen (secondary N) is 1. The third-order valence-corrected chi connectivity index (χ3v) is 2.51. The molecule has 0 bridgehead atoms. The molecule has 0 fully saturated rings. The Morgan fingerprint density at radius 3 is 2.50 bits per heavy atom. The van der Waals surface area contributed by atoms with Crippen LogP contribution in [-0.2, 0) is 12.3 Å². The van der Waals surface area contributed by atoms with Crippen LogP contribution in [0.25, 0.3) is 0 Å². The van der Waals surface area contributed by atoms with E-state index >= 15 is 0 Å². The highest BCUT2D eigenvalue weighted by Gasteiger charge is 2.00. The summed E-state index contributed by atoms with van der Waals surface area (Å²) in [4.78, 5) is 6.34. The Morgan fingerprint density at radius 2 is 2.00 bits per heavy atom. The second-order valence-corrected chi connectivity index (χ2v) is 4.56. The summed E-state index contributed by atoms with van der Waals surface area (Å²) in [6.45, 7) is 0.903. The Labute approximate surface area is 131 Å². The molecule has 106 valence electrons. The molecule has 0 unspecified atom stereocenters. The average molecular weight is 334 g/mol. The van der Waals surface area contributed by atoms with Crippen LogP contribution in [0, 0.1) is 5.41 Å². The number of hydrogen-bond donors (Lipinski definition) is 2. The maximum atomic E-state index is 7.12. The van der Waals surface area contributed by atoms with Gasteiger partial charge in [0, 0.05) is 18.5 Å². The number of halogens is 3. The summed E-state index contributed by atoms with van der Waals surface area (Å²) in [5.74, 6) is 0.663. The molecule has 8 heteroatoms. The molecular formula is C10H19Cl3N4S. The molecule has 1 heterocycles. The van der Waals surface area contributed by atoms with Crippen molar-refractivity contribution in [1.29, 1.82) is 5.41 Å². The van der Waals surface area contributed by atoms with E-state index in [9.17, 15) is 0 Å². The Morgan fingerprint density at radius 1 is 1.39 bits per heavy atom. The maximum Gasteiger partial charge on any atom is 0.151 e. The first kappa shape index (κ1) is 22.9. The van der Waals surface area contributed by atoms with Crippen LogP contribution < -0.4 is 5.73 Å². The molecule has 1 aromatic heterocycles. The molecule has 3 N–H and O–H groups in total. The highest BCUT2D eigenvalue weighted by atomic mass is 35.5. The second-order valence-electron chi connectivity index (χ2n) is 3.55. The van der Waals surface area contributed by atoms with Gasteiger partial charge in [-0.25, -0.2) is 0 Å². The van der Waals surface area contributed by atoms with Crippen LogP contribution >= 0.6 is 49.0 Å². The lowest BCUT2D eigenvalue weighted by molar-refractivity contribution is 0.402. The minimum absolute atomic E-state index is 0. The van der Waals surface area contributed by atoms with Gasteiger partial charge in [0.2, 0.25) is 0 Å². The topological polar surface area (TPSA) is 66.0 Å². The first-order valence-corrected chi connectivity index (χ1v) is 5.62. The molecule has 0 atom stereocenters. The van der Waals surface area contributed by atoms with Crippen molar-refractivity contribution in [3.8, 4) is 0 Å². The summed E-state index contributed by atoms with van der Waals surface area (Å²) >= 11 is 1.30. The van der Waals surface area contributed by atoms with Crippen LogP contribution in [-0.4, -0.2) is 29.1 Å². The fraction of sp³-hybridized carbons (Fsp3) is 0.400. The first-order valence-electron chi connectivity index (χ1n) is 4.63. The number of amidine groups is 1. The summed E-state index contributed by atoms with van der Waals surface area (Å²) in [6.07, 6.45) is 1.80. The van der Waals surface area contributed by atoms with E-state index in [1.54, 1.807) is 6.20 Å². The van der Waals surface area contributed by atoms with Gasteiger partial charge in [0.15, 0.2) is 5.17 Å². The normalized spacial score (nSPS) is 8.83. The van der Waals surface area contributed by atoms with Crippen molar-refractivity contribution in [3.63, 3.8) is 0 Å². The largest absolute Gasteiger partial charge is 0.379 e. The molecule has 18 heavy (non-hydrogen) atoms. The van der Waals surface area contributed by atoms with E-state index in [0.717, 1.165) is 12.2 Å². The zero-order valence-electron chi connectivity index (χ0n) is 10.3. The first-order chi connectivity index (χ1) is 7.08.